The molecule has 0 atom stereocenters. The van der Waals surface area contributed by atoms with E-state index < -0.39 is 0 Å². The summed E-state index contributed by atoms with van der Waals surface area (Å²) in [6.45, 7) is 14.3. The van der Waals surface area contributed by atoms with Crippen LogP contribution in [-0.2, 0) is 9.53 Å². The highest BCUT2D eigenvalue weighted by molar-refractivity contribution is 5.99. The number of ether oxygens (including phenoxy) is 1. The molecule has 0 radical (unpaired) electrons. The van der Waals surface area contributed by atoms with Gasteiger partial charge in [0.15, 0.2) is 5.78 Å². The maximum absolute atomic E-state index is 11.2. The lowest BCUT2D eigenvalue weighted by atomic mass is 9.93. The van der Waals surface area contributed by atoms with Crippen molar-refractivity contribution >= 4 is 5.78 Å². The zero-order chi connectivity index (χ0) is 12.1. The third-order valence-electron chi connectivity index (χ3n) is 1.79. The molecular formula is C13H22O2. The molecule has 0 saturated heterocycles. The Labute approximate surface area is 93.0 Å². The number of hydrogen-bond acceptors (Lipinski definition) is 2. The van der Waals surface area contributed by atoms with Gasteiger partial charge in [0.25, 0.3) is 0 Å². The Balaban J connectivity index is 4.67. The van der Waals surface area contributed by atoms with Gasteiger partial charge in [-0.3, -0.25) is 4.79 Å². The van der Waals surface area contributed by atoms with Crippen LogP contribution in [0.1, 0.15) is 34.6 Å². The number of rotatable bonds is 5. The summed E-state index contributed by atoms with van der Waals surface area (Å²) in [5.41, 5.74) is -0.145. The summed E-state index contributed by atoms with van der Waals surface area (Å²) in [5.74, 6) is 1.07. The number of carbonyl (C=O) groups excluding carboxylic acids is 1. The molecule has 0 unspecified atom stereocenters. The topological polar surface area (TPSA) is 26.3 Å². The van der Waals surface area contributed by atoms with Crippen LogP contribution >= 0.6 is 0 Å². The average molecular weight is 210 g/mol. The van der Waals surface area contributed by atoms with E-state index in [1.165, 1.54) is 12.2 Å². The molecule has 0 aliphatic carbocycles. The van der Waals surface area contributed by atoms with Crippen LogP contribution in [0.4, 0.5) is 0 Å². The predicted octanol–water partition coefficient (Wildman–Crippen LogP) is 3.34. The molecule has 2 nitrogen and oxygen atoms in total. The van der Waals surface area contributed by atoms with E-state index in [0.29, 0.717) is 12.5 Å². The SMILES string of the molecule is C=CC(=O)C=C(OCC(C)C)C(C)(C)C. The Kier molecular flexibility index (Phi) is 5.34. The zero-order valence-electron chi connectivity index (χ0n) is 10.5. The summed E-state index contributed by atoms with van der Waals surface area (Å²) in [5, 5.41) is 0. The largest absolute Gasteiger partial charge is 0.497 e. The molecule has 0 amide bonds. The second-order valence-corrected chi connectivity index (χ2v) is 5.07. The predicted molar refractivity (Wildman–Crippen MR) is 63.5 cm³/mol. The standard InChI is InChI=1S/C13H22O2/c1-7-11(14)8-12(13(4,5)6)15-9-10(2)3/h7-8,10H,1,9H2,2-6H3. The van der Waals surface area contributed by atoms with Gasteiger partial charge in [0.2, 0.25) is 0 Å². The molecule has 0 aliphatic heterocycles. The molecule has 0 rings (SSSR count). The highest BCUT2D eigenvalue weighted by Crippen LogP contribution is 2.26. The van der Waals surface area contributed by atoms with Crippen LogP contribution in [0.2, 0.25) is 0 Å². The van der Waals surface area contributed by atoms with Crippen molar-refractivity contribution in [3.63, 3.8) is 0 Å². The minimum atomic E-state index is -0.145. The molecule has 0 aromatic rings. The van der Waals surface area contributed by atoms with Crippen LogP contribution in [0.5, 0.6) is 0 Å². The van der Waals surface area contributed by atoms with Gasteiger partial charge in [-0.1, -0.05) is 41.2 Å². The van der Waals surface area contributed by atoms with Crippen molar-refractivity contribution in [1.82, 2.24) is 0 Å². The Hall–Kier alpha value is -1.05. The van der Waals surface area contributed by atoms with Crippen molar-refractivity contribution < 1.29 is 9.53 Å². The lowest BCUT2D eigenvalue weighted by molar-refractivity contribution is -0.110. The number of carbonyl (C=O) groups is 1. The van der Waals surface area contributed by atoms with Crippen molar-refractivity contribution in [2.45, 2.75) is 34.6 Å². The molecule has 0 aromatic carbocycles. The number of hydrogen-bond donors (Lipinski definition) is 0. The van der Waals surface area contributed by atoms with Crippen LogP contribution in [0.25, 0.3) is 0 Å². The first kappa shape index (κ1) is 13.9. The third-order valence-corrected chi connectivity index (χ3v) is 1.79. The second kappa shape index (κ2) is 5.74. The van der Waals surface area contributed by atoms with Gasteiger partial charge in [-0.2, -0.15) is 0 Å². The molecule has 0 fully saturated rings. The molecule has 0 heterocycles. The van der Waals surface area contributed by atoms with Crippen molar-refractivity contribution in [2.24, 2.45) is 11.3 Å². The van der Waals surface area contributed by atoms with E-state index in [0.717, 1.165) is 5.76 Å². The van der Waals surface area contributed by atoms with E-state index in [-0.39, 0.29) is 11.2 Å². The first-order valence-electron chi connectivity index (χ1n) is 5.28. The minimum Gasteiger partial charge on any atom is -0.497 e. The molecule has 0 N–H and O–H groups in total. The van der Waals surface area contributed by atoms with E-state index in [2.05, 4.69) is 20.4 Å². The highest BCUT2D eigenvalue weighted by atomic mass is 16.5. The summed E-state index contributed by atoms with van der Waals surface area (Å²) in [7, 11) is 0. The summed E-state index contributed by atoms with van der Waals surface area (Å²) in [4.78, 5) is 11.2. The van der Waals surface area contributed by atoms with Crippen LogP contribution < -0.4 is 0 Å². The van der Waals surface area contributed by atoms with E-state index in [1.807, 2.05) is 20.8 Å². The van der Waals surface area contributed by atoms with Gasteiger partial charge >= 0.3 is 0 Å². The average Bonchev–Trinajstić information content (AvgIpc) is 2.09. The summed E-state index contributed by atoms with van der Waals surface area (Å²) in [6, 6.07) is 0. The first-order valence-corrected chi connectivity index (χ1v) is 5.28. The molecule has 0 aromatic heterocycles. The fourth-order valence-electron chi connectivity index (χ4n) is 0.919. The van der Waals surface area contributed by atoms with Crippen molar-refractivity contribution in [3.8, 4) is 0 Å². The van der Waals surface area contributed by atoms with Crippen molar-refractivity contribution in [3.05, 3.63) is 24.5 Å². The lowest BCUT2D eigenvalue weighted by Crippen LogP contribution is -2.16. The fourth-order valence-corrected chi connectivity index (χ4v) is 0.919. The Morgan fingerprint density at radius 2 is 1.93 bits per heavy atom. The Morgan fingerprint density at radius 3 is 2.27 bits per heavy atom. The molecule has 15 heavy (non-hydrogen) atoms. The highest BCUT2D eigenvalue weighted by Gasteiger charge is 2.19. The van der Waals surface area contributed by atoms with Gasteiger partial charge in [-0.15, -0.1) is 0 Å². The molecule has 0 saturated carbocycles. The molecule has 2 heteroatoms. The van der Waals surface area contributed by atoms with Gasteiger partial charge < -0.3 is 4.74 Å². The Morgan fingerprint density at radius 1 is 1.40 bits per heavy atom. The van der Waals surface area contributed by atoms with Crippen LogP contribution in [-0.4, -0.2) is 12.4 Å². The number of allylic oxidation sites excluding steroid dienone is 3. The normalized spacial score (nSPS) is 12.8. The van der Waals surface area contributed by atoms with Crippen LogP contribution in [0.3, 0.4) is 0 Å². The van der Waals surface area contributed by atoms with Gasteiger partial charge in [0, 0.05) is 11.5 Å². The minimum absolute atomic E-state index is 0.108. The maximum atomic E-state index is 11.2. The van der Waals surface area contributed by atoms with E-state index in [9.17, 15) is 4.79 Å². The van der Waals surface area contributed by atoms with E-state index in [4.69, 9.17) is 4.74 Å². The monoisotopic (exact) mass is 210 g/mol. The van der Waals surface area contributed by atoms with Gasteiger partial charge in [-0.25, -0.2) is 0 Å². The van der Waals surface area contributed by atoms with Crippen molar-refractivity contribution in [2.75, 3.05) is 6.61 Å². The fraction of sp³-hybridized carbons (Fsp3) is 0.615. The molecule has 0 spiro atoms. The lowest BCUT2D eigenvalue weighted by Gasteiger charge is -2.24. The molecule has 0 bridgehead atoms. The summed E-state index contributed by atoms with van der Waals surface area (Å²) < 4.78 is 5.63. The molecule has 0 aliphatic rings. The summed E-state index contributed by atoms with van der Waals surface area (Å²) in [6.07, 6.45) is 2.82. The summed E-state index contributed by atoms with van der Waals surface area (Å²) >= 11 is 0. The number of ketones is 1. The molecular weight excluding hydrogens is 188 g/mol. The molecule has 86 valence electrons. The third kappa shape index (κ3) is 6.10. The second-order valence-electron chi connectivity index (χ2n) is 5.07. The van der Waals surface area contributed by atoms with Gasteiger partial charge in [-0.05, 0) is 12.0 Å². The zero-order valence-corrected chi connectivity index (χ0v) is 10.5. The Bertz CT molecular complexity index is 254. The quantitative estimate of drug-likeness (QED) is 0.514. The van der Waals surface area contributed by atoms with Gasteiger partial charge in [0.05, 0.1) is 6.61 Å². The van der Waals surface area contributed by atoms with Crippen LogP contribution in [0.15, 0.2) is 24.5 Å². The van der Waals surface area contributed by atoms with Gasteiger partial charge in [0.1, 0.15) is 5.76 Å². The van der Waals surface area contributed by atoms with E-state index >= 15 is 0 Å². The van der Waals surface area contributed by atoms with Crippen molar-refractivity contribution in [1.29, 1.82) is 0 Å². The maximum Gasteiger partial charge on any atom is 0.181 e. The van der Waals surface area contributed by atoms with E-state index in [1.54, 1.807) is 0 Å². The first-order chi connectivity index (χ1) is 6.77. The van der Waals surface area contributed by atoms with Crippen LogP contribution in [0, 0.1) is 11.3 Å². The smallest absolute Gasteiger partial charge is 0.181 e.